The van der Waals surface area contributed by atoms with E-state index >= 15 is 0 Å². The van der Waals surface area contributed by atoms with Gasteiger partial charge in [0.05, 0.1) is 0 Å². The van der Waals surface area contributed by atoms with Crippen LogP contribution in [0.4, 0.5) is 26.3 Å². The number of alkyl halides is 6. The Bertz CT molecular complexity index is 2220. The molecule has 4 nitrogen and oxygen atoms in total. The van der Waals surface area contributed by atoms with Gasteiger partial charge in [-0.15, -0.1) is 0 Å². The molecule has 0 radical (unpaired) electrons. The number of carbonyl (C=O) groups is 2. The average Bonchev–Trinajstić information content (AvgIpc) is 3.83. The number of hydrogen-bond donors (Lipinski definition) is 2. The van der Waals surface area contributed by atoms with Crippen molar-refractivity contribution >= 4 is 45.7 Å². The predicted molar refractivity (Wildman–Crippen MR) is 228 cm³/mol. The summed E-state index contributed by atoms with van der Waals surface area (Å²) < 4.78 is 84.7. The SMILES string of the molecule is CCC(=O)N[B](NC(=O)CC)[Hf]([Cl])([Cl])([CH]1C(C(C)CC)=Cc2c(-c3ccccc3C(F)(F)F)cccc21)[CH]1C(C(C)CC)=Cc2c(-c3ccccc3C(F)(F)F)cccc21. The van der Waals surface area contributed by atoms with Crippen LogP contribution in [0.15, 0.2) is 96.1 Å². The molecule has 0 saturated carbocycles. The first-order valence-electron chi connectivity index (χ1n) is 20.4. The number of nitrogens with one attached hydrogen (secondary N) is 2. The molecule has 0 saturated heterocycles. The van der Waals surface area contributed by atoms with Crippen LogP contribution in [0, 0.1) is 11.8 Å². The summed E-state index contributed by atoms with van der Waals surface area (Å²) in [6.07, 6.45) is -4.36. The van der Waals surface area contributed by atoms with E-state index in [0.29, 0.717) is 46.2 Å². The first-order chi connectivity index (χ1) is 28.2. The number of amides is 2. The van der Waals surface area contributed by atoms with Gasteiger partial charge in [0.15, 0.2) is 0 Å². The Hall–Kier alpha value is -3.60. The number of benzene rings is 4. The third-order valence-corrected chi connectivity index (χ3v) is 40.8. The van der Waals surface area contributed by atoms with Crippen molar-refractivity contribution in [3.8, 4) is 22.3 Å². The maximum atomic E-state index is 14.6. The van der Waals surface area contributed by atoms with Crippen LogP contribution in [0.25, 0.3) is 34.4 Å². The number of fused-ring (bicyclic) bond motifs is 2. The van der Waals surface area contributed by atoms with Crippen molar-refractivity contribution in [2.24, 2.45) is 11.8 Å². The molecule has 0 spiro atoms. The summed E-state index contributed by atoms with van der Waals surface area (Å²) in [7, 11) is 17.5. The molecule has 0 fully saturated rings. The van der Waals surface area contributed by atoms with Crippen LogP contribution in [0.2, 0.25) is 0 Å². The van der Waals surface area contributed by atoms with Gasteiger partial charge in [0.1, 0.15) is 0 Å². The van der Waals surface area contributed by atoms with Gasteiger partial charge in [0.25, 0.3) is 0 Å². The second kappa shape index (κ2) is 17.3. The molecule has 60 heavy (non-hydrogen) atoms. The third kappa shape index (κ3) is 8.10. The molecule has 6 rings (SSSR count). The third-order valence-electron chi connectivity index (χ3n) is 12.5. The Kier molecular flexibility index (Phi) is 13.2. The van der Waals surface area contributed by atoms with Crippen LogP contribution < -0.4 is 10.5 Å². The molecule has 0 aromatic heterocycles. The summed E-state index contributed by atoms with van der Waals surface area (Å²) in [5, 5.41) is 6.09. The molecule has 0 heterocycles. The van der Waals surface area contributed by atoms with Gasteiger partial charge in [-0.25, -0.2) is 0 Å². The molecule has 317 valence electrons. The quantitative estimate of drug-likeness (QED) is 0.104. The Morgan fingerprint density at radius 1 is 0.600 bits per heavy atom. The average molecular weight is 1040 g/mol. The zero-order valence-corrected chi connectivity index (χ0v) is 39.4. The van der Waals surface area contributed by atoms with Gasteiger partial charge < -0.3 is 0 Å². The van der Waals surface area contributed by atoms with Gasteiger partial charge in [-0.1, -0.05) is 0 Å². The molecule has 4 atom stereocenters. The first-order valence-corrected chi connectivity index (χ1v) is 35.5. The minimum absolute atomic E-state index is 0.0144. The van der Waals surface area contributed by atoms with Crippen LogP contribution in [0.3, 0.4) is 0 Å². The number of allylic oxidation sites excluding steroid dienone is 2. The van der Waals surface area contributed by atoms with E-state index in [-0.39, 0.29) is 35.8 Å². The number of rotatable bonds is 13. The van der Waals surface area contributed by atoms with E-state index in [1.54, 1.807) is 50.2 Å². The molecular formula is C46H48BCl2F6HfN2O2. The van der Waals surface area contributed by atoms with E-state index in [2.05, 4.69) is 10.5 Å². The van der Waals surface area contributed by atoms with Crippen molar-refractivity contribution in [1.82, 2.24) is 10.5 Å². The van der Waals surface area contributed by atoms with E-state index in [9.17, 15) is 35.9 Å². The zero-order valence-electron chi connectivity index (χ0n) is 34.3. The van der Waals surface area contributed by atoms with Gasteiger partial charge in [-0.2, -0.15) is 0 Å². The van der Waals surface area contributed by atoms with Crippen molar-refractivity contribution in [2.45, 2.75) is 86.9 Å². The Morgan fingerprint density at radius 2 is 0.950 bits per heavy atom. The van der Waals surface area contributed by atoms with Gasteiger partial charge in [-0.3, -0.25) is 0 Å². The fourth-order valence-corrected chi connectivity index (χ4v) is 38.9. The molecule has 4 unspecified atom stereocenters. The number of hydrogen-bond acceptors (Lipinski definition) is 2. The molecule has 4 aromatic rings. The molecule has 14 heteroatoms. The second-order valence-electron chi connectivity index (χ2n) is 16.0. The molecular weight excluding hydrogens is 987 g/mol. The maximum absolute atomic E-state index is 14.6. The monoisotopic (exact) mass is 1040 g/mol. The van der Waals surface area contributed by atoms with Crippen LogP contribution >= 0.6 is 17.2 Å². The van der Waals surface area contributed by atoms with Crippen LogP contribution in [-0.4, -0.2) is 16.4 Å². The van der Waals surface area contributed by atoms with Crippen molar-refractivity contribution in [2.75, 3.05) is 0 Å². The van der Waals surface area contributed by atoms with E-state index in [4.69, 9.17) is 17.2 Å². The summed E-state index contributed by atoms with van der Waals surface area (Å²) in [6, 6.07) is 21.0. The molecule has 0 aliphatic heterocycles. The zero-order chi connectivity index (χ0) is 44.0. The van der Waals surface area contributed by atoms with Gasteiger partial charge in [0.2, 0.25) is 0 Å². The first kappa shape index (κ1) is 45.9. The Morgan fingerprint density at radius 3 is 1.28 bits per heavy atom. The van der Waals surface area contributed by atoms with Gasteiger partial charge in [0, 0.05) is 0 Å². The summed E-state index contributed by atoms with van der Waals surface area (Å²) in [4.78, 5) is 27.4. The molecule has 2 N–H and O–H groups in total. The molecule has 2 amide bonds. The predicted octanol–water partition coefficient (Wildman–Crippen LogP) is 13.8. The summed E-state index contributed by atoms with van der Waals surface area (Å²) in [5.74, 6) is -1.35. The van der Waals surface area contributed by atoms with Crippen molar-refractivity contribution in [3.63, 3.8) is 0 Å². The summed E-state index contributed by atoms with van der Waals surface area (Å²) >= 11 is -6.76. The van der Waals surface area contributed by atoms with Crippen molar-refractivity contribution in [1.29, 1.82) is 0 Å². The Balaban J connectivity index is 1.77. The van der Waals surface area contributed by atoms with Crippen LogP contribution in [0.5, 0.6) is 0 Å². The van der Waals surface area contributed by atoms with E-state index in [0.717, 1.165) is 23.3 Å². The second-order valence-corrected chi connectivity index (χ2v) is 46.4. The van der Waals surface area contributed by atoms with Crippen molar-refractivity contribution < 1.29 is 51.8 Å². The normalized spacial score (nSPS) is 18.0. The Labute approximate surface area is 356 Å². The van der Waals surface area contributed by atoms with Crippen LogP contribution in [-0.2, 0) is 37.8 Å². The number of carbonyl (C=O) groups excluding carboxylic acids is 2. The van der Waals surface area contributed by atoms with Crippen molar-refractivity contribution in [3.05, 3.63) is 129 Å². The summed E-state index contributed by atoms with van der Waals surface area (Å²) in [5.41, 5.74) is 2.58. The fourth-order valence-electron chi connectivity index (χ4n) is 9.14. The molecule has 2 aliphatic carbocycles. The van der Waals surface area contributed by atoms with E-state index < -0.39 is 63.1 Å². The van der Waals surface area contributed by atoms with Gasteiger partial charge >= 0.3 is 358 Å². The van der Waals surface area contributed by atoms with E-state index in [1.165, 1.54) is 24.3 Å². The van der Waals surface area contributed by atoms with Crippen LogP contribution in [0.1, 0.15) is 108 Å². The van der Waals surface area contributed by atoms with Gasteiger partial charge in [-0.05, 0) is 0 Å². The standard InChI is InChI=1S/2C20H18F3.C6H11BN2O2.2ClH.Hf/c2*1-3-13(2)15-11-14-7-6-9-16(18(14)12-15)17-8-4-5-10-19(17)20(21,22)23;1-3-5(10)8-7-9-6(11)4-2;;;/h2*4-13H,3H2,1-2H3;3-4H2,1-2H3,(H-,8,9,10,11);2*1H;/q;;;;;+1/p-1. The fraction of sp³-hybridized carbons (Fsp3) is 0.348. The van der Waals surface area contributed by atoms with E-state index in [1.807, 2.05) is 52.0 Å². The topological polar surface area (TPSA) is 58.2 Å². The molecule has 2 aliphatic rings. The summed E-state index contributed by atoms with van der Waals surface area (Å²) in [6.45, 7) is 11.2. The molecule has 4 aromatic carbocycles. The minimum atomic E-state index is -6.76. The number of halogens is 8. The molecule has 0 bridgehead atoms.